The van der Waals surface area contributed by atoms with Gasteiger partial charge in [-0.25, -0.2) is 4.79 Å². The van der Waals surface area contributed by atoms with E-state index in [1.807, 2.05) is 0 Å². The molecule has 2 aliphatic rings. The van der Waals surface area contributed by atoms with Gasteiger partial charge in [0.25, 0.3) is 0 Å². The quantitative estimate of drug-likeness (QED) is 0.549. The van der Waals surface area contributed by atoms with Crippen molar-refractivity contribution in [3.05, 3.63) is 0 Å². The van der Waals surface area contributed by atoms with Crippen LogP contribution in [0.5, 0.6) is 0 Å². The number of nitrogens with zero attached hydrogens (tertiary/aromatic N) is 2. The highest BCUT2D eigenvalue weighted by Gasteiger charge is 2.25. The van der Waals surface area contributed by atoms with E-state index in [0.717, 1.165) is 18.6 Å². The number of oxime groups is 1. The van der Waals surface area contributed by atoms with Crippen LogP contribution < -0.4 is 0 Å². The molecule has 16 heavy (non-hydrogen) atoms. The van der Waals surface area contributed by atoms with Crippen molar-refractivity contribution >= 4 is 11.8 Å². The second-order valence-corrected chi connectivity index (χ2v) is 4.44. The average molecular weight is 226 g/mol. The van der Waals surface area contributed by atoms with Crippen LogP contribution >= 0.6 is 0 Å². The molecule has 0 aromatic carbocycles. The summed E-state index contributed by atoms with van der Waals surface area (Å²) < 4.78 is 5.40. The Morgan fingerprint density at radius 3 is 2.50 bits per heavy atom. The van der Waals surface area contributed by atoms with E-state index in [-0.39, 0.29) is 12.2 Å². The van der Waals surface area contributed by atoms with E-state index in [2.05, 4.69) is 5.16 Å². The minimum absolute atomic E-state index is 0.125. The first kappa shape index (κ1) is 11.2. The maximum absolute atomic E-state index is 11.8. The number of hydrogen-bond acceptors (Lipinski definition) is 4. The van der Waals surface area contributed by atoms with Gasteiger partial charge < -0.3 is 14.8 Å². The second-order valence-electron chi connectivity index (χ2n) is 4.44. The number of ether oxygens (including phenoxy) is 1. The molecule has 0 spiro atoms. The normalized spacial score (nSPS) is 22.2. The van der Waals surface area contributed by atoms with E-state index in [1.165, 1.54) is 12.8 Å². The Labute approximate surface area is 95.1 Å². The van der Waals surface area contributed by atoms with E-state index in [9.17, 15) is 4.79 Å². The Bertz CT molecular complexity index is 275. The lowest BCUT2D eigenvalue weighted by Gasteiger charge is -2.27. The van der Waals surface area contributed by atoms with Crippen LogP contribution in [0.25, 0.3) is 0 Å². The highest BCUT2D eigenvalue weighted by atomic mass is 16.6. The van der Waals surface area contributed by atoms with E-state index in [0.29, 0.717) is 25.9 Å². The minimum Gasteiger partial charge on any atom is -0.446 e. The minimum atomic E-state index is -0.205. The topological polar surface area (TPSA) is 62.1 Å². The molecule has 0 unspecified atom stereocenters. The smallest absolute Gasteiger partial charge is 0.410 e. The van der Waals surface area contributed by atoms with Crippen LogP contribution in [0, 0.1) is 0 Å². The second kappa shape index (κ2) is 5.18. The molecule has 1 saturated carbocycles. The molecule has 0 aromatic heterocycles. The Balaban J connectivity index is 1.77. The summed E-state index contributed by atoms with van der Waals surface area (Å²) in [7, 11) is 0. The number of carbonyl (C=O) groups is 1. The van der Waals surface area contributed by atoms with Crippen molar-refractivity contribution < 1.29 is 14.7 Å². The summed E-state index contributed by atoms with van der Waals surface area (Å²) in [6.45, 7) is 1.20. The summed E-state index contributed by atoms with van der Waals surface area (Å²) in [5.41, 5.74) is 0.768. The molecule has 5 heteroatoms. The number of piperidine rings is 1. The van der Waals surface area contributed by atoms with Crippen molar-refractivity contribution in [2.75, 3.05) is 13.1 Å². The fourth-order valence-corrected chi connectivity index (χ4v) is 2.27. The molecular weight excluding hydrogens is 208 g/mol. The maximum Gasteiger partial charge on any atom is 0.410 e. The Hall–Kier alpha value is -1.26. The highest BCUT2D eigenvalue weighted by molar-refractivity contribution is 5.86. The largest absolute Gasteiger partial charge is 0.446 e. The molecule has 90 valence electrons. The third kappa shape index (κ3) is 2.65. The Morgan fingerprint density at radius 2 is 1.94 bits per heavy atom. The molecule has 1 aliphatic carbocycles. The Kier molecular flexibility index (Phi) is 3.64. The molecular formula is C11H18N2O3. The summed E-state index contributed by atoms with van der Waals surface area (Å²) in [5, 5.41) is 11.8. The van der Waals surface area contributed by atoms with Crippen molar-refractivity contribution in [2.45, 2.75) is 44.6 Å². The van der Waals surface area contributed by atoms with Gasteiger partial charge in [0.2, 0.25) is 0 Å². The van der Waals surface area contributed by atoms with Gasteiger partial charge in [-0.05, 0) is 25.7 Å². The van der Waals surface area contributed by atoms with Crippen LogP contribution in [0.2, 0.25) is 0 Å². The van der Waals surface area contributed by atoms with Crippen molar-refractivity contribution in [1.29, 1.82) is 0 Å². The van der Waals surface area contributed by atoms with Crippen LogP contribution in [0.1, 0.15) is 38.5 Å². The van der Waals surface area contributed by atoms with Gasteiger partial charge in [0.15, 0.2) is 0 Å². The zero-order valence-electron chi connectivity index (χ0n) is 9.39. The van der Waals surface area contributed by atoms with Gasteiger partial charge in [-0.1, -0.05) is 5.16 Å². The summed E-state index contributed by atoms with van der Waals surface area (Å²) >= 11 is 0. The predicted molar refractivity (Wildman–Crippen MR) is 58.8 cm³/mol. The lowest BCUT2D eigenvalue weighted by Crippen LogP contribution is -2.40. The van der Waals surface area contributed by atoms with Crippen LogP contribution in [0.15, 0.2) is 5.16 Å². The van der Waals surface area contributed by atoms with Gasteiger partial charge in [0.05, 0.1) is 5.71 Å². The standard InChI is InChI=1S/C11H18N2O3/c14-11(16-10-3-1-2-4-10)13-7-5-9(12-15)6-8-13/h10,15H,1-8H2. The molecule has 0 aromatic rings. The highest BCUT2D eigenvalue weighted by Crippen LogP contribution is 2.22. The van der Waals surface area contributed by atoms with Crippen molar-refractivity contribution in [1.82, 2.24) is 4.90 Å². The van der Waals surface area contributed by atoms with Gasteiger partial charge in [-0.2, -0.15) is 0 Å². The van der Waals surface area contributed by atoms with E-state index < -0.39 is 0 Å². The molecule has 0 bridgehead atoms. The molecule has 1 heterocycles. The first-order valence-corrected chi connectivity index (χ1v) is 5.95. The first-order valence-electron chi connectivity index (χ1n) is 5.95. The van der Waals surface area contributed by atoms with Gasteiger partial charge >= 0.3 is 6.09 Å². The van der Waals surface area contributed by atoms with Gasteiger partial charge in [0.1, 0.15) is 6.10 Å². The van der Waals surface area contributed by atoms with E-state index in [1.54, 1.807) is 4.90 Å². The molecule has 5 nitrogen and oxygen atoms in total. The molecule has 2 fully saturated rings. The number of rotatable bonds is 1. The monoisotopic (exact) mass is 226 g/mol. The summed E-state index contributed by atoms with van der Waals surface area (Å²) in [4.78, 5) is 13.5. The first-order chi connectivity index (χ1) is 7.79. The van der Waals surface area contributed by atoms with Gasteiger partial charge in [0, 0.05) is 25.9 Å². The van der Waals surface area contributed by atoms with Crippen LogP contribution in [-0.2, 0) is 4.74 Å². The molecule has 1 aliphatic heterocycles. The zero-order chi connectivity index (χ0) is 11.4. The van der Waals surface area contributed by atoms with Gasteiger partial charge in [-0.3, -0.25) is 0 Å². The predicted octanol–water partition coefficient (Wildman–Crippen LogP) is 1.99. The lowest BCUT2D eigenvalue weighted by molar-refractivity contribution is 0.0650. The lowest BCUT2D eigenvalue weighted by atomic mass is 10.1. The molecule has 1 N–H and O–H groups in total. The maximum atomic E-state index is 11.8. The summed E-state index contributed by atoms with van der Waals surface area (Å²) in [6.07, 6.45) is 5.56. The molecule has 1 saturated heterocycles. The third-order valence-corrected chi connectivity index (χ3v) is 3.31. The Morgan fingerprint density at radius 1 is 1.31 bits per heavy atom. The molecule has 1 amide bonds. The van der Waals surface area contributed by atoms with E-state index in [4.69, 9.17) is 9.94 Å². The number of hydrogen-bond donors (Lipinski definition) is 1. The number of amides is 1. The number of likely N-dealkylation sites (tertiary alicyclic amines) is 1. The fourth-order valence-electron chi connectivity index (χ4n) is 2.27. The van der Waals surface area contributed by atoms with Crippen molar-refractivity contribution in [3.63, 3.8) is 0 Å². The SMILES string of the molecule is O=C(OC1CCCC1)N1CCC(=NO)CC1. The van der Waals surface area contributed by atoms with Crippen LogP contribution in [0.3, 0.4) is 0 Å². The third-order valence-electron chi connectivity index (χ3n) is 3.31. The van der Waals surface area contributed by atoms with Crippen LogP contribution in [-0.4, -0.2) is 41.1 Å². The summed E-state index contributed by atoms with van der Waals surface area (Å²) in [6, 6.07) is 0. The average Bonchev–Trinajstić information content (AvgIpc) is 2.82. The molecule has 0 radical (unpaired) electrons. The van der Waals surface area contributed by atoms with Crippen LogP contribution in [0.4, 0.5) is 4.79 Å². The van der Waals surface area contributed by atoms with Crippen molar-refractivity contribution in [2.24, 2.45) is 5.16 Å². The molecule has 0 atom stereocenters. The van der Waals surface area contributed by atoms with E-state index >= 15 is 0 Å². The fraction of sp³-hybridized carbons (Fsp3) is 0.818. The zero-order valence-corrected chi connectivity index (χ0v) is 9.39. The number of carbonyl (C=O) groups excluding carboxylic acids is 1. The van der Waals surface area contributed by atoms with Gasteiger partial charge in [-0.15, -0.1) is 0 Å². The summed E-state index contributed by atoms with van der Waals surface area (Å²) in [5.74, 6) is 0. The van der Waals surface area contributed by atoms with Crippen molar-refractivity contribution in [3.8, 4) is 0 Å². The molecule has 2 rings (SSSR count).